The molecule has 11 nitrogen and oxygen atoms in total. The standard InChI is InChI=1S/C29H33N5O6/c1-6-39-27(37)18-15-17(2)31-22(18)16-19-25-21(33-26(19)36)12-11-20(32-25)23-9-7-10-24(35)34(23)14-8-13-30-28(38)40-29(3,4)5/h7,9-12,15-16,31H,6,8,13-14H2,1-5H3,(H,30,38)(H,33,36)/b19-16-. The number of nitrogens with one attached hydrogen (secondary N) is 3. The van der Waals surface area contributed by atoms with Gasteiger partial charge in [0.1, 0.15) is 11.3 Å². The highest BCUT2D eigenvalue weighted by atomic mass is 16.6. The van der Waals surface area contributed by atoms with E-state index in [1.54, 1.807) is 75.6 Å². The first-order valence-electron chi connectivity index (χ1n) is 13.0. The number of anilines is 1. The maximum atomic E-state index is 12.9. The van der Waals surface area contributed by atoms with Gasteiger partial charge in [-0.1, -0.05) is 6.07 Å². The van der Waals surface area contributed by atoms with Crippen LogP contribution in [0.15, 0.2) is 41.2 Å². The molecule has 1 aliphatic heterocycles. The quantitative estimate of drug-likeness (QED) is 0.218. The number of amides is 2. The molecule has 40 heavy (non-hydrogen) atoms. The highest BCUT2D eigenvalue weighted by Gasteiger charge is 2.28. The number of nitrogens with zero attached hydrogens (tertiary/aromatic N) is 2. The molecule has 0 saturated carbocycles. The maximum Gasteiger partial charge on any atom is 0.407 e. The lowest BCUT2D eigenvalue weighted by atomic mass is 10.1. The van der Waals surface area contributed by atoms with E-state index < -0.39 is 17.7 Å². The lowest BCUT2D eigenvalue weighted by Gasteiger charge is -2.19. The summed E-state index contributed by atoms with van der Waals surface area (Å²) >= 11 is 0. The van der Waals surface area contributed by atoms with Crippen molar-refractivity contribution in [2.24, 2.45) is 0 Å². The molecule has 1 aliphatic rings. The first-order valence-corrected chi connectivity index (χ1v) is 13.0. The lowest BCUT2D eigenvalue weighted by Crippen LogP contribution is -2.33. The number of alkyl carbamates (subject to hydrolysis) is 1. The summed E-state index contributed by atoms with van der Waals surface area (Å²) in [5.74, 6) is -0.853. The molecule has 3 aromatic rings. The highest BCUT2D eigenvalue weighted by Crippen LogP contribution is 2.34. The zero-order chi connectivity index (χ0) is 29.0. The van der Waals surface area contributed by atoms with E-state index in [1.165, 1.54) is 6.07 Å². The van der Waals surface area contributed by atoms with Crippen molar-refractivity contribution in [3.63, 3.8) is 0 Å². The Bertz CT molecular complexity index is 1540. The number of hydrogen-bond donors (Lipinski definition) is 3. The molecule has 0 saturated heterocycles. The lowest BCUT2D eigenvalue weighted by molar-refractivity contribution is -0.110. The number of aromatic nitrogens is 3. The van der Waals surface area contributed by atoms with E-state index in [1.807, 2.05) is 0 Å². The van der Waals surface area contributed by atoms with Crippen molar-refractivity contribution in [2.45, 2.75) is 53.2 Å². The van der Waals surface area contributed by atoms with Crippen LogP contribution in [-0.4, -0.2) is 51.3 Å². The molecule has 2 amide bonds. The fraction of sp³-hybridized carbons (Fsp3) is 0.345. The van der Waals surface area contributed by atoms with Crippen LogP contribution in [0.2, 0.25) is 0 Å². The van der Waals surface area contributed by atoms with Crippen molar-refractivity contribution in [1.82, 2.24) is 19.9 Å². The van der Waals surface area contributed by atoms with Gasteiger partial charge in [0, 0.05) is 24.8 Å². The SMILES string of the molecule is CCOC(=O)c1cc(C)[nH]c1/C=C1\C(=O)Nc2ccc(-c3cccc(=O)n3CCCNC(=O)OC(C)(C)C)nc21. The topological polar surface area (TPSA) is 144 Å². The summed E-state index contributed by atoms with van der Waals surface area (Å²) in [7, 11) is 0. The van der Waals surface area contributed by atoms with Crippen LogP contribution in [0.25, 0.3) is 23.0 Å². The van der Waals surface area contributed by atoms with Gasteiger partial charge in [0.15, 0.2) is 0 Å². The Labute approximate surface area is 231 Å². The van der Waals surface area contributed by atoms with Crippen LogP contribution in [0, 0.1) is 6.92 Å². The molecule has 0 unspecified atom stereocenters. The Morgan fingerprint density at radius 2 is 1.93 bits per heavy atom. The van der Waals surface area contributed by atoms with Crippen LogP contribution in [-0.2, 0) is 20.8 Å². The third-order valence-corrected chi connectivity index (χ3v) is 5.95. The number of carbonyl (C=O) groups excluding carboxylic acids is 3. The number of hydrogen-bond acceptors (Lipinski definition) is 7. The van der Waals surface area contributed by atoms with Gasteiger partial charge in [-0.2, -0.15) is 0 Å². The number of H-pyrrole nitrogens is 1. The van der Waals surface area contributed by atoms with E-state index in [-0.39, 0.29) is 23.6 Å². The Balaban J connectivity index is 1.61. The van der Waals surface area contributed by atoms with Crippen molar-refractivity contribution >= 4 is 35.3 Å². The number of fused-ring (bicyclic) bond motifs is 1. The summed E-state index contributed by atoms with van der Waals surface area (Å²) in [5.41, 5.74) is 2.93. The smallest absolute Gasteiger partial charge is 0.407 e. The van der Waals surface area contributed by atoms with Gasteiger partial charge in [0.25, 0.3) is 11.5 Å². The summed E-state index contributed by atoms with van der Waals surface area (Å²) in [6.45, 7) is 9.76. The van der Waals surface area contributed by atoms with Crippen molar-refractivity contribution in [3.8, 4) is 11.4 Å². The molecule has 3 aromatic heterocycles. The molecule has 11 heteroatoms. The molecule has 0 bridgehead atoms. The molecule has 0 radical (unpaired) electrons. The molecular formula is C29H33N5O6. The first-order chi connectivity index (χ1) is 19.0. The van der Waals surface area contributed by atoms with E-state index in [9.17, 15) is 19.2 Å². The third-order valence-electron chi connectivity index (χ3n) is 5.95. The molecule has 210 valence electrons. The minimum atomic E-state index is -0.601. The monoisotopic (exact) mass is 547 g/mol. The minimum Gasteiger partial charge on any atom is -0.462 e. The predicted molar refractivity (Wildman–Crippen MR) is 151 cm³/mol. The Hall–Kier alpha value is -4.67. The fourth-order valence-electron chi connectivity index (χ4n) is 4.30. The number of pyridine rings is 2. The van der Waals surface area contributed by atoms with Gasteiger partial charge < -0.3 is 29.7 Å². The number of aryl methyl sites for hydroxylation is 1. The zero-order valence-electron chi connectivity index (χ0n) is 23.2. The Morgan fingerprint density at radius 3 is 2.65 bits per heavy atom. The first kappa shape index (κ1) is 28.3. The highest BCUT2D eigenvalue weighted by molar-refractivity contribution is 6.34. The van der Waals surface area contributed by atoms with Gasteiger partial charge in [-0.3, -0.25) is 9.59 Å². The van der Waals surface area contributed by atoms with Crippen LogP contribution in [0.1, 0.15) is 61.6 Å². The summed E-state index contributed by atoms with van der Waals surface area (Å²) in [4.78, 5) is 57.9. The van der Waals surface area contributed by atoms with E-state index in [0.717, 1.165) is 5.69 Å². The van der Waals surface area contributed by atoms with Gasteiger partial charge in [-0.05, 0) is 71.4 Å². The number of ether oxygens (including phenoxy) is 2. The molecular weight excluding hydrogens is 514 g/mol. The van der Waals surface area contributed by atoms with E-state index in [0.29, 0.717) is 53.5 Å². The second-order valence-corrected chi connectivity index (χ2v) is 10.3. The molecule has 0 fully saturated rings. The molecule has 4 heterocycles. The van der Waals surface area contributed by atoms with E-state index in [4.69, 9.17) is 14.5 Å². The van der Waals surface area contributed by atoms with Crippen LogP contribution in [0.5, 0.6) is 0 Å². The summed E-state index contributed by atoms with van der Waals surface area (Å²) in [5, 5.41) is 5.50. The Kier molecular flexibility index (Phi) is 8.22. The molecule has 0 atom stereocenters. The average molecular weight is 548 g/mol. The minimum absolute atomic E-state index is 0.219. The van der Waals surface area contributed by atoms with E-state index >= 15 is 0 Å². The number of aromatic amines is 1. The summed E-state index contributed by atoms with van der Waals surface area (Å²) in [6, 6.07) is 10.0. The number of esters is 1. The van der Waals surface area contributed by atoms with Crippen molar-refractivity contribution < 1.29 is 23.9 Å². The van der Waals surface area contributed by atoms with Gasteiger partial charge in [-0.15, -0.1) is 0 Å². The largest absolute Gasteiger partial charge is 0.462 e. The van der Waals surface area contributed by atoms with Gasteiger partial charge >= 0.3 is 12.1 Å². The van der Waals surface area contributed by atoms with Crippen molar-refractivity contribution in [2.75, 3.05) is 18.5 Å². The van der Waals surface area contributed by atoms with Crippen molar-refractivity contribution in [1.29, 1.82) is 0 Å². The summed E-state index contributed by atoms with van der Waals surface area (Å²) < 4.78 is 12.0. The Morgan fingerprint density at radius 1 is 1.15 bits per heavy atom. The summed E-state index contributed by atoms with van der Waals surface area (Å²) in [6.07, 6.45) is 1.54. The second-order valence-electron chi connectivity index (χ2n) is 10.3. The van der Waals surface area contributed by atoms with E-state index in [2.05, 4.69) is 15.6 Å². The molecule has 3 N–H and O–H groups in total. The van der Waals surface area contributed by atoms with Gasteiger partial charge in [0.2, 0.25) is 0 Å². The van der Waals surface area contributed by atoms with Crippen LogP contribution in [0.3, 0.4) is 0 Å². The predicted octanol–water partition coefficient (Wildman–Crippen LogP) is 4.13. The fourth-order valence-corrected chi connectivity index (χ4v) is 4.30. The maximum absolute atomic E-state index is 12.9. The third kappa shape index (κ3) is 6.48. The molecule has 0 aromatic carbocycles. The zero-order valence-corrected chi connectivity index (χ0v) is 23.2. The second kappa shape index (κ2) is 11.6. The average Bonchev–Trinajstić information content (AvgIpc) is 3.40. The van der Waals surface area contributed by atoms with Gasteiger partial charge in [0.05, 0.1) is 40.5 Å². The van der Waals surface area contributed by atoms with Crippen LogP contribution >= 0.6 is 0 Å². The number of carbonyl (C=O) groups is 3. The van der Waals surface area contributed by atoms with Crippen molar-refractivity contribution in [3.05, 3.63) is 69.4 Å². The molecule has 0 spiro atoms. The normalized spacial score (nSPS) is 13.6. The molecule has 4 rings (SSSR count). The van der Waals surface area contributed by atoms with Crippen LogP contribution in [0.4, 0.5) is 10.5 Å². The van der Waals surface area contributed by atoms with Crippen LogP contribution < -0.4 is 16.2 Å². The molecule has 0 aliphatic carbocycles. The number of rotatable bonds is 8. The van der Waals surface area contributed by atoms with Gasteiger partial charge in [-0.25, -0.2) is 14.6 Å².